The Morgan fingerprint density at radius 2 is 1.92 bits per heavy atom. The van der Waals surface area contributed by atoms with Gasteiger partial charge in [-0.1, -0.05) is 18.2 Å². The summed E-state index contributed by atoms with van der Waals surface area (Å²) < 4.78 is 0. The normalized spacial score (nSPS) is 14.9. The minimum Gasteiger partial charge on any atom is -0.347 e. The molecule has 1 aliphatic heterocycles. The highest BCUT2D eigenvalue weighted by molar-refractivity contribution is 7.99. The van der Waals surface area contributed by atoms with Crippen molar-refractivity contribution in [3.63, 3.8) is 0 Å². The van der Waals surface area contributed by atoms with Crippen molar-refractivity contribution in [2.75, 3.05) is 24.6 Å². The molecule has 0 saturated carbocycles. The van der Waals surface area contributed by atoms with Crippen LogP contribution in [0.15, 0.2) is 41.8 Å². The number of carbonyl (C=O) groups excluding carboxylic acids is 2. The molecule has 1 fully saturated rings. The Balaban J connectivity index is 1.56. The average Bonchev–Trinajstić information content (AvgIpc) is 3.02. The van der Waals surface area contributed by atoms with Gasteiger partial charge in [-0.25, -0.2) is 0 Å². The van der Waals surface area contributed by atoms with Crippen LogP contribution in [0.25, 0.3) is 0 Å². The van der Waals surface area contributed by atoms with Crippen LogP contribution in [0.5, 0.6) is 0 Å². The third-order valence-corrected chi connectivity index (χ3v) is 5.83. The first-order valence-electron chi connectivity index (χ1n) is 8.02. The first-order chi connectivity index (χ1) is 11.7. The monoisotopic (exact) mass is 360 g/mol. The molecule has 24 heavy (non-hydrogen) atoms. The molecule has 1 saturated heterocycles. The zero-order chi connectivity index (χ0) is 16.8. The summed E-state index contributed by atoms with van der Waals surface area (Å²) >= 11 is 3.34. The maximum atomic E-state index is 12.5. The summed E-state index contributed by atoms with van der Waals surface area (Å²) in [5.41, 5.74) is 1.71. The first kappa shape index (κ1) is 17.0. The van der Waals surface area contributed by atoms with Gasteiger partial charge in [0.1, 0.15) is 0 Å². The minimum absolute atomic E-state index is 0.0628. The van der Waals surface area contributed by atoms with Gasteiger partial charge in [0, 0.05) is 31.0 Å². The number of rotatable bonds is 4. The van der Waals surface area contributed by atoms with Crippen LogP contribution in [0, 0.1) is 0 Å². The van der Waals surface area contributed by atoms with Gasteiger partial charge in [0.15, 0.2) is 0 Å². The Hall–Kier alpha value is -1.79. The van der Waals surface area contributed by atoms with Crippen LogP contribution >= 0.6 is 23.1 Å². The van der Waals surface area contributed by atoms with Crippen molar-refractivity contribution in [3.8, 4) is 0 Å². The molecule has 126 valence electrons. The van der Waals surface area contributed by atoms with E-state index in [1.165, 1.54) is 11.3 Å². The van der Waals surface area contributed by atoms with Crippen molar-refractivity contribution in [3.05, 3.63) is 57.8 Å². The molecule has 0 aliphatic carbocycles. The second kappa shape index (κ2) is 8.35. The highest BCUT2D eigenvalue weighted by Crippen LogP contribution is 2.14. The smallest absolute Gasteiger partial charge is 0.261 e. The molecule has 0 unspecified atom stereocenters. The lowest BCUT2D eigenvalue weighted by molar-refractivity contribution is 0.0768. The summed E-state index contributed by atoms with van der Waals surface area (Å²) in [6.45, 7) is 2.12. The number of thiophene rings is 1. The van der Waals surface area contributed by atoms with Crippen molar-refractivity contribution < 1.29 is 9.59 Å². The van der Waals surface area contributed by atoms with E-state index < -0.39 is 0 Å². The van der Waals surface area contributed by atoms with Crippen molar-refractivity contribution >= 4 is 34.9 Å². The van der Waals surface area contributed by atoms with Crippen LogP contribution in [0.2, 0.25) is 0 Å². The zero-order valence-corrected chi connectivity index (χ0v) is 15.0. The first-order valence-corrected chi connectivity index (χ1v) is 10.0. The lowest BCUT2D eigenvalue weighted by Gasteiger charge is -2.20. The van der Waals surface area contributed by atoms with Crippen LogP contribution in [-0.2, 0) is 6.54 Å². The molecule has 1 aromatic heterocycles. The van der Waals surface area contributed by atoms with Crippen LogP contribution < -0.4 is 5.32 Å². The van der Waals surface area contributed by atoms with Crippen molar-refractivity contribution in [1.82, 2.24) is 10.2 Å². The Kier molecular flexibility index (Phi) is 5.93. The van der Waals surface area contributed by atoms with Crippen molar-refractivity contribution in [2.24, 2.45) is 0 Å². The van der Waals surface area contributed by atoms with Gasteiger partial charge >= 0.3 is 0 Å². The fourth-order valence-electron chi connectivity index (χ4n) is 2.57. The molecule has 6 heteroatoms. The number of hydrogen-bond donors (Lipinski definition) is 1. The predicted octanol–water partition coefficient (Wildman–Crippen LogP) is 3.26. The number of amides is 2. The Bertz CT molecular complexity index is 676. The molecule has 1 N–H and O–H groups in total. The van der Waals surface area contributed by atoms with Crippen LogP contribution in [0.3, 0.4) is 0 Å². The van der Waals surface area contributed by atoms with Gasteiger partial charge in [0.05, 0.1) is 4.88 Å². The molecule has 3 rings (SSSR count). The zero-order valence-electron chi connectivity index (χ0n) is 13.4. The van der Waals surface area contributed by atoms with E-state index in [1.54, 1.807) is 6.07 Å². The lowest BCUT2D eigenvalue weighted by Crippen LogP contribution is -2.32. The average molecular weight is 361 g/mol. The predicted molar refractivity (Wildman–Crippen MR) is 99.8 cm³/mol. The minimum atomic E-state index is -0.0628. The number of benzene rings is 1. The Morgan fingerprint density at radius 1 is 1.08 bits per heavy atom. The summed E-state index contributed by atoms with van der Waals surface area (Å²) in [6.07, 6.45) is 1.06. The highest BCUT2D eigenvalue weighted by atomic mass is 32.2. The van der Waals surface area contributed by atoms with Crippen LogP contribution in [0.1, 0.15) is 32.0 Å². The van der Waals surface area contributed by atoms with Gasteiger partial charge < -0.3 is 10.2 Å². The molecule has 2 heterocycles. The van der Waals surface area contributed by atoms with Crippen molar-refractivity contribution in [1.29, 1.82) is 0 Å². The summed E-state index contributed by atoms with van der Waals surface area (Å²) in [7, 11) is 0. The summed E-state index contributed by atoms with van der Waals surface area (Å²) in [6, 6.07) is 11.2. The largest absolute Gasteiger partial charge is 0.347 e. The van der Waals surface area contributed by atoms with Gasteiger partial charge in [-0.2, -0.15) is 11.8 Å². The second-order valence-electron chi connectivity index (χ2n) is 5.62. The molecule has 0 atom stereocenters. The molecular formula is C18H20N2O2S2. The second-order valence-corrected chi connectivity index (χ2v) is 7.79. The highest BCUT2D eigenvalue weighted by Gasteiger charge is 2.17. The van der Waals surface area contributed by atoms with E-state index in [0.29, 0.717) is 11.4 Å². The molecule has 1 aliphatic rings. The van der Waals surface area contributed by atoms with Gasteiger partial charge in [-0.15, -0.1) is 11.3 Å². The molecular weight excluding hydrogens is 340 g/mol. The van der Waals surface area contributed by atoms with E-state index in [-0.39, 0.29) is 11.8 Å². The molecule has 1 aromatic carbocycles. The van der Waals surface area contributed by atoms with E-state index in [1.807, 2.05) is 52.4 Å². The molecule has 0 spiro atoms. The third-order valence-electron chi connectivity index (χ3n) is 3.91. The Labute approximate surface area is 150 Å². The fraction of sp³-hybridized carbons (Fsp3) is 0.333. The van der Waals surface area contributed by atoms with Gasteiger partial charge in [-0.05, 0) is 41.3 Å². The number of nitrogens with zero attached hydrogens (tertiary/aromatic N) is 1. The summed E-state index contributed by atoms with van der Waals surface area (Å²) in [4.78, 5) is 27.1. The topological polar surface area (TPSA) is 49.4 Å². The van der Waals surface area contributed by atoms with E-state index in [9.17, 15) is 9.59 Å². The Morgan fingerprint density at radius 3 is 2.67 bits per heavy atom. The van der Waals surface area contributed by atoms with Crippen LogP contribution in [0.4, 0.5) is 0 Å². The quantitative estimate of drug-likeness (QED) is 0.910. The maximum Gasteiger partial charge on any atom is 0.261 e. The summed E-state index contributed by atoms with van der Waals surface area (Å²) in [5.74, 6) is 2.18. The number of hydrogen-bond acceptors (Lipinski definition) is 4. The molecule has 2 amide bonds. The number of nitrogens with one attached hydrogen (secondary N) is 1. The molecule has 4 nitrogen and oxygen atoms in total. The van der Waals surface area contributed by atoms with E-state index in [2.05, 4.69) is 5.32 Å². The van der Waals surface area contributed by atoms with Crippen molar-refractivity contribution in [2.45, 2.75) is 13.0 Å². The van der Waals surface area contributed by atoms with E-state index in [0.717, 1.165) is 42.1 Å². The number of carbonyl (C=O) groups is 2. The van der Waals surface area contributed by atoms with Gasteiger partial charge in [0.2, 0.25) is 0 Å². The molecule has 0 radical (unpaired) electrons. The summed E-state index contributed by atoms with van der Waals surface area (Å²) in [5, 5.41) is 4.78. The molecule has 0 bridgehead atoms. The fourth-order valence-corrected chi connectivity index (χ4v) is 4.10. The maximum absolute atomic E-state index is 12.5. The SMILES string of the molecule is O=C(NCc1ccc(C(=O)N2CCCSCC2)cc1)c1cccs1. The third kappa shape index (κ3) is 4.39. The molecule has 2 aromatic rings. The standard InChI is InChI=1S/C18H20N2O2S2/c21-17(16-3-1-11-24-16)19-13-14-4-6-15(7-5-14)18(22)20-8-2-10-23-12-9-20/h1,3-7,11H,2,8-10,12-13H2,(H,19,21). The van der Waals surface area contributed by atoms with Crippen LogP contribution in [-0.4, -0.2) is 41.3 Å². The van der Waals surface area contributed by atoms with E-state index >= 15 is 0 Å². The number of thioether (sulfide) groups is 1. The van der Waals surface area contributed by atoms with Gasteiger partial charge in [-0.3, -0.25) is 9.59 Å². The van der Waals surface area contributed by atoms with Gasteiger partial charge in [0.25, 0.3) is 11.8 Å². The van der Waals surface area contributed by atoms with E-state index in [4.69, 9.17) is 0 Å². The lowest BCUT2D eigenvalue weighted by atomic mass is 10.1.